The molecular formula is C23H27BrSSe2. The molecule has 3 aromatic rings. The number of hydrogen-bond donors (Lipinski definition) is 0. The summed E-state index contributed by atoms with van der Waals surface area (Å²) in [4.78, 5) is 7.46. The molecule has 0 saturated heterocycles. The molecule has 4 heteroatoms. The summed E-state index contributed by atoms with van der Waals surface area (Å²) in [5.74, 6) is 0. The molecule has 0 aliphatic carbocycles. The van der Waals surface area contributed by atoms with Gasteiger partial charge in [-0.25, -0.2) is 0 Å². The van der Waals surface area contributed by atoms with Crippen molar-refractivity contribution in [2.24, 2.45) is 0 Å². The Balaban J connectivity index is 1.57. The Bertz CT molecular complexity index is 855. The molecule has 0 aliphatic heterocycles. The van der Waals surface area contributed by atoms with Crippen LogP contribution in [0, 0.1) is 0 Å². The van der Waals surface area contributed by atoms with Crippen molar-refractivity contribution < 1.29 is 0 Å². The van der Waals surface area contributed by atoms with Gasteiger partial charge in [-0.05, 0) is 0 Å². The maximum atomic E-state index is 4.38. The van der Waals surface area contributed by atoms with E-state index in [1.54, 1.807) is 8.87 Å². The fourth-order valence-corrected chi connectivity index (χ4v) is 10.3. The molecule has 0 spiro atoms. The molecule has 0 N–H and O–H groups in total. The first-order chi connectivity index (χ1) is 13.2. The quantitative estimate of drug-likeness (QED) is 0.161. The molecule has 0 amide bonds. The first-order valence-electron chi connectivity index (χ1n) is 9.80. The third-order valence-corrected chi connectivity index (χ3v) is 11.8. The third kappa shape index (κ3) is 5.95. The van der Waals surface area contributed by atoms with Crippen molar-refractivity contribution in [3.05, 3.63) is 50.1 Å². The summed E-state index contributed by atoms with van der Waals surface area (Å²) in [5, 5.41) is 0. The van der Waals surface area contributed by atoms with Gasteiger partial charge in [0, 0.05) is 0 Å². The first-order valence-corrected chi connectivity index (χ1v) is 15.1. The average Bonchev–Trinajstić information content (AvgIpc) is 3.40. The van der Waals surface area contributed by atoms with E-state index in [1.165, 1.54) is 70.3 Å². The second kappa shape index (κ2) is 11.2. The number of unbranched alkanes of at least 4 members (excludes halogenated alkanes) is 6. The van der Waals surface area contributed by atoms with Crippen LogP contribution >= 0.6 is 27.3 Å². The molecule has 27 heavy (non-hydrogen) atoms. The van der Waals surface area contributed by atoms with Gasteiger partial charge in [0.2, 0.25) is 0 Å². The Labute approximate surface area is 188 Å². The van der Waals surface area contributed by atoms with Crippen molar-refractivity contribution in [2.45, 2.75) is 58.3 Å². The van der Waals surface area contributed by atoms with Gasteiger partial charge in [-0.3, -0.25) is 0 Å². The summed E-state index contributed by atoms with van der Waals surface area (Å²) < 4.78 is 4.41. The molecule has 0 unspecified atom stereocenters. The van der Waals surface area contributed by atoms with E-state index < -0.39 is 0 Å². The molecule has 3 aromatic heterocycles. The SMILES string of the molecule is C=C(CCCCCCCCC)c1ccc(-c2cc[se]c2-c2[se]ccc2Br)s1. The zero-order valence-electron chi connectivity index (χ0n) is 15.9. The van der Waals surface area contributed by atoms with E-state index in [1.807, 2.05) is 11.3 Å². The summed E-state index contributed by atoms with van der Waals surface area (Å²) in [6.45, 7) is 6.66. The van der Waals surface area contributed by atoms with Crippen molar-refractivity contribution in [2.75, 3.05) is 0 Å². The number of halogens is 1. The van der Waals surface area contributed by atoms with Gasteiger partial charge in [-0.1, -0.05) is 19.8 Å². The molecule has 0 radical (unpaired) electrons. The normalized spacial score (nSPS) is 11.2. The van der Waals surface area contributed by atoms with Crippen LogP contribution in [0.15, 0.2) is 45.2 Å². The molecule has 0 fully saturated rings. The molecule has 0 aromatic carbocycles. The Morgan fingerprint density at radius 3 is 2.37 bits per heavy atom. The van der Waals surface area contributed by atoms with Crippen molar-refractivity contribution in [3.8, 4) is 19.3 Å². The molecule has 0 nitrogen and oxygen atoms in total. The van der Waals surface area contributed by atoms with Crippen LogP contribution in [0.5, 0.6) is 0 Å². The van der Waals surface area contributed by atoms with E-state index in [9.17, 15) is 0 Å². The minimum absolute atomic E-state index is 0.469. The number of rotatable bonds is 11. The van der Waals surface area contributed by atoms with Crippen LogP contribution in [0.3, 0.4) is 0 Å². The summed E-state index contributed by atoms with van der Waals surface area (Å²) in [6, 6.07) is 9.15. The summed E-state index contributed by atoms with van der Waals surface area (Å²) in [7, 11) is 0. The molecule has 0 aliphatic rings. The second-order valence-electron chi connectivity index (χ2n) is 6.90. The van der Waals surface area contributed by atoms with E-state index >= 15 is 0 Å². The molecular weight excluding hydrogens is 546 g/mol. The predicted octanol–water partition coefficient (Wildman–Crippen LogP) is 8.11. The standard InChI is InChI=1S/C23H27BrSSe2/c1-3-4-5-6-7-8-9-10-17(2)20-11-12-21(25-20)18-13-15-26-22(18)23-19(24)14-16-27-23/h11-16H,2-10H2,1H3. The second-order valence-corrected chi connectivity index (χ2v) is 12.7. The Hall–Kier alpha value is -0.0810. The predicted molar refractivity (Wildman–Crippen MR) is 128 cm³/mol. The molecule has 144 valence electrons. The monoisotopic (exact) mass is 574 g/mol. The van der Waals surface area contributed by atoms with Crippen molar-refractivity contribution in [1.82, 2.24) is 0 Å². The maximum absolute atomic E-state index is 4.38. The van der Waals surface area contributed by atoms with Crippen LogP contribution in [0.1, 0.15) is 63.2 Å². The minimum atomic E-state index is 0.469. The van der Waals surface area contributed by atoms with E-state index in [-0.39, 0.29) is 0 Å². The Morgan fingerprint density at radius 1 is 0.926 bits per heavy atom. The van der Waals surface area contributed by atoms with Gasteiger partial charge in [0.05, 0.1) is 0 Å². The number of thiophene rings is 1. The van der Waals surface area contributed by atoms with Crippen LogP contribution in [0.2, 0.25) is 0 Å². The number of allylic oxidation sites excluding steroid dienone is 1. The van der Waals surface area contributed by atoms with E-state index in [0.717, 1.165) is 6.42 Å². The van der Waals surface area contributed by atoms with Gasteiger partial charge >= 0.3 is 170 Å². The van der Waals surface area contributed by atoms with Gasteiger partial charge in [0.1, 0.15) is 0 Å². The molecule has 0 bridgehead atoms. The third-order valence-electron chi connectivity index (χ3n) is 4.79. The van der Waals surface area contributed by atoms with Gasteiger partial charge in [-0.2, -0.15) is 0 Å². The van der Waals surface area contributed by atoms with Gasteiger partial charge in [0.15, 0.2) is 0 Å². The summed E-state index contributed by atoms with van der Waals surface area (Å²) in [5.41, 5.74) is 2.77. The Morgan fingerprint density at radius 2 is 1.63 bits per heavy atom. The van der Waals surface area contributed by atoms with Crippen molar-refractivity contribution in [1.29, 1.82) is 0 Å². The fraction of sp³-hybridized carbons (Fsp3) is 0.391. The first kappa shape index (κ1) is 21.6. The van der Waals surface area contributed by atoms with Crippen molar-refractivity contribution in [3.63, 3.8) is 0 Å². The van der Waals surface area contributed by atoms with E-state index in [0.29, 0.717) is 29.0 Å². The van der Waals surface area contributed by atoms with E-state index in [2.05, 4.69) is 63.6 Å². The summed E-state index contributed by atoms with van der Waals surface area (Å²) in [6.07, 6.45) is 10.7. The van der Waals surface area contributed by atoms with Gasteiger partial charge in [0.25, 0.3) is 0 Å². The van der Waals surface area contributed by atoms with Crippen molar-refractivity contribution >= 4 is 61.8 Å². The van der Waals surface area contributed by atoms with Crippen LogP contribution in [0.4, 0.5) is 0 Å². The van der Waals surface area contributed by atoms with E-state index in [4.69, 9.17) is 0 Å². The van der Waals surface area contributed by atoms with Crippen LogP contribution in [-0.4, -0.2) is 29.0 Å². The number of hydrogen-bond acceptors (Lipinski definition) is 1. The molecule has 3 heterocycles. The van der Waals surface area contributed by atoms with Gasteiger partial charge in [-0.15, -0.1) is 0 Å². The molecule has 0 saturated carbocycles. The zero-order chi connectivity index (χ0) is 19.1. The zero-order valence-corrected chi connectivity index (χ0v) is 21.8. The average molecular weight is 573 g/mol. The summed E-state index contributed by atoms with van der Waals surface area (Å²) >= 11 is 6.62. The molecule has 0 atom stereocenters. The fourth-order valence-electron chi connectivity index (χ4n) is 3.23. The topological polar surface area (TPSA) is 0 Å². The van der Waals surface area contributed by atoms with Crippen LogP contribution in [0.25, 0.3) is 24.9 Å². The Kier molecular flexibility index (Phi) is 8.96. The molecule has 3 rings (SSSR count). The van der Waals surface area contributed by atoms with Crippen LogP contribution in [-0.2, 0) is 0 Å². The van der Waals surface area contributed by atoms with Gasteiger partial charge < -0.3 is 0 Å². The van der Waals surface area contributed by atoms with Crippen LogP contribution < -0.4 is 0 Å².